The molecule has 0 heterocycles. The van der Waals surface area contributed by atoms with Gasteiger partial charge in [-0.1, -0.05) is 60.7 Å². The Morgan fingerprint density at radius 1 is 0.933 bits per heavy atom. The largest absolute Gasteiger partial charge is 0.497 e. The number of likely N-dealkylation sites (N-methyl/N-ethyl adjacent to an activating group) is 1. The molecule has 156 valence electrons. The molecule has 1 N–H and O–H groups in total. The Balaban J connectivity index is 1.77. The van der Waals surface area contributed by atoms with E-state index in [-0.39, 0.29) is 17.2 Å². The van der Waals surface area contributed by atoms with Crippen molar-refractivity contribution in [2.75, 3.05) is 27.7 Å². The van der Waals surface area contributed by atoms with Crippen molar-refractivity contribution in [1.82, 2.24) is 10.2 Å². The van der Waals surface area contributed by atoms with Crippen LogP contribution in [0.15, 0.2) is 89.8 Å². The molecule has 0 bridgehead atoms. The first-order chi connectivity index (χ1) is 14.6. The van der Waals surface area contributed by atoms with E-state index in [9.17, 15) is 4.79 Å². The highest BCUT2D eigenvalue weighted by Crippen LogP contribution is 2.35. The third-order valence-electron chi connectivity index (χ3n) is 4.91. The van der Waals surface area contributed by atoms with Gasteiger partial charge in [-0.2, -0.15) is 0 Å². The van der Waals surface area contributed by atoms with Gasteiger partial charge in [-0.15, -0.1) is 11.8 Å². The molecule has 0 radical (unpaired) electrons. The van der Waals surface area contributed by atoms with Crippen LogP contribution in [0.1, 0.15) is 22.4 Å². The van der Waals surface area contributed by atoms with E-state index >= 15 is 0 Å². The highest BCUT2D eigenvalue weighted by molar-refractivity contribution is 8.00. The number of amides is 1. The Morgan fingerprint density at radius 3 is 2.20 bits per heavy atom. The van der Waals surface area contributed by atoms with Crippen LogP contribution in [0.3, 0.4) is 0 Å². The maximum absolute atomic E-state index is 13.3. The Bertz CT molecular complexity index is 932. The van der Waals surface area contributed by atoms with Gasteiger partial charge in [0.05, 0.1) is 13.2 Å². The smallest absolute Gasteiger partial charge is 0.238 e. The second-order valence-electron chi connectivity index (χ2n) is 7.22. The third-order valence-corrected chi connectivity index (χ3v) is 6.18. The second-order valence-corrected chi connectivity index (χ2v) is 8.40. The number of ether oxygens (including phenoxy) is 1. The normalized spacial score (nSPS) is 12.9. The maximum atomic E-state index is 13.3. The van der Waals surface area contributed by atoms with Gasteiger partial charge in [0.2, 0.25) is 5.91 Å². The molecule has 0 aliphatic carbocycles. The first-order valence-electron chi connectivity index (χ1n) is 9.93. The number of hydrogen-bond donors (Lipinski definition) is 1. The molecule has 0 saturated heterocycles. The highest BCUT2D eigenvalue weighted by Gasteiger charge is 2.24. The molecule has 2 unspecified atom stereocenters. The number of hydrogen-bond acceptors (Lipinski definition) is 4. The summed E-state index contributed by atoms with van der Waals surface area (Å²) in [5.74, 6) is 0.817. The van der Waals surface area contributed by atoms with Crippen molar-refractivity contribution in [3.8, 4) is 5.75 Å². The summed E-state index contributed by atoms with van der Waals surface area (Å²) in [5.41, 5.74) is 2.10. The van der Waals surface area contributed by atoms with Crippen molar-refractivity contribution in [2.45, 2.75) is 16.2 Å². The van der Waals surface area contributed by atoms with E-state index in [4.69, 9.17) is 4.74 Å². The lowest BCUT2D eigenvalue weighted by Gasteiger charge is -2.26. The molecule has 0 aromatic heterocycles. The van der Waals surface area contributed by atoms with Gasteiger partial charge < -0.3 is 15.0 Å². The van der Waals surface area contributed by atoms with Gasteiger partial charge in [-0.05, 0) is 49.5 Å². The van der Waals surface area contributed by atoms with Crippen LogP contribution in [0.25, 0.3) is 0 Å². The van der Waals surface area contributed by atoms with Crippen molar-refractivity contribution < 1.29 is 9.53 Å². The van der Waals surface area contributed by atoms with Crippen molar-refractivity contribution in [3.63, 3.8) is 0 Å². The van der Waals surface area contributed by atoms with Crippen molar-refractivity contribution in [1.29, 1.82) is 0 Å². The monoisotopic (exact) mass is 420 g/mol. The number of nitrogens with one attached hydrogen (secondary N) is 1. The summed E-state index contributed by atoms with van der Waals surface area (Å²) in [6.07, 6.45) is 0. The van der Waals surface area contributed by atoms with Gasteiger partial charge in [-0.25, -0.2) is 0 Å². The number of carbonyl (C=O) groups excluding carboxylic acids is 1. The van der Waals surface area contributed by atoms with Crippen LogP contribution in [0, 0.1) is 0 Å². The fourth-order valence-corrected chi connectivity index (χ4v) is 4.34. The SMILES string of the molecule is COc1cccc(C(CNC(=O)C(Sc2ccccc2)c2ccccc2)N(C)C)c1. The lowest BCUT2D eigenvalue weighted by atomic mass is 10.1. The van der Waals surface area contributed by atoms with Crippen molar-refractivity contribution in [2.24, 2.45) is 0 Å². The van der Waals surface area contributed by atoms with Crippen molar-refractivity contribution in [3.05, 3.63) is 96.1 Å². The van der Waals surface area contributed by atoms with E-state index in [0.29, 0.717) is 6.54 Å². The Labute approximate surface area is 183 Å². The topological polar surface area (TPSA) is 41.6 Å². The second kappa shape index (κ2) is 10.9. The van der Waals surface area contributed by atoms with E-state index in [2.05, 4.69) is 16.3 Å². The molecule has 1 amide bonds. The number of nitrogens with zero attached hydrogens (tertiary/aromatic N) is 1. The summed E-state index contributed by atoms with van der Waals surface area (Å²) in [5, 5.41) is 2.86. The summed E-state index contributed by atoms with van der Waals surface area (Å²) in [4.78, 5) is 16.4. The number of carbonyl (C=O) groups is 1. The zero-order chi connectivity index (χ0) is 21.3. The molecule has 0 spiro atoms. The van der Waals surface area contributed by atoms with Gasteiger partial charge in [0, 0.05) is 11.4 Å². The molecular formula is C25H28N2O2S. The average Bonchev–Trinajstić information content (AvgIpc) is 2.78. The predicted octanol–water partition coefficient (Wildman–Crippen LogP) is 4.95. The summed E-state index contributed by atoms with van der Waals surface area (Å²) in [6.45, 7) is 0.512. The summed E-state index contributed by atoms with van der Waals surface area (Å²) >= 11 is 1.57. The molecule has 2 atom stereocenters. The quantitative estimate of drug-likeness (QED) is 0.498. The summed E-state index contributed by atoms with van der Waals surface area (Å²) in [7, 11) is 5.70. The molecule has 0 fully saturated rings. The Hall–Kier alpha value is -2.76. The van der Waals surface area contributed by atoms with Crippen LogP contribution in [0.5, 0.6) is 5.75 Å². The van der Waals surface area contributed by atoms with E-state index in [1.54, 1.807) is 18.9 Å². The Kier molecular flexibility index (Phi) is 7.94. The molecule has 5 heteroatoms. The first-order valence-corrected chi connectivity index (χ1v) is 10.8. The van der Waals surface area contributed by atoms with E-state index in [1.807, 2.05) is 93.0 Å². The van der Waals surface area contributed by atoms with Gasteiger partial charge in [-0.3, -0.25) is 4.79 Å². The van der Waals surface area contributed by atoms with Crippen LogP contribution in [0.4, 0.5) is 0 Å². The minimum absolute atomic E-state index is 0.00444. The number of methoxy groups -OCH3 is 1. The number of rotatable bonds is 9. The van der Waals surface area contributed by atoms with Gasteiger partial charge in [0.25, 0.3) is 0 Å². The minimum Gasteiger partial charge on any atom is -0.497 e. The zero-order valence-corrected chi connectivity index (χ0v) is 18.4. The maximum Gasteiger partial charge on any atom is 0.238 e. The lowest BCUT2D eigenvalue weighted by molar-refractivity contribution is -0.120. The molecule has 4 nitrogen and oxygen atoms in total. The third kappa shape index (κ3) is 5.88. The Morgan fingerprint density at radius 2 is 1.57 bits per heavy atom. The number of thioether (sulfide) groups is 1. The van der Waals surface area contributed by atoms with Crippen LogP contribution in [-0.4, -0.2) is 38.6 Å². The molecular weight excluding hydrogens is 392 g/mol. The fraction of sp³-hybridized carbons (Fsp3) is 0.240. The standard InChI is InChI=1S/C25H28N2O2S/c1-27(2)23(20-13-10-14-21(17-20)29-3)18-26-25(28)24(19-11-6-4-7-12-19)30-22-15-8-5-9-16-22/h4-17,23-24H,18H2,1-3H3,(H,26,28). The summed E-state index contributed by atoms with van der Waals surface area (Å²) < 4.78 is 5.36. The van der Waals surface area contributed by atoms with E-state index < -0.39 is 0 Å². The number of benzene rings is 3. The van der Waals surface area contributed by atoms with Crippen LogP contribution in [-0.2, 0) is 4.79 Å². The molecule has 3 aromatic carbocycles. The van der Waals surface area contributed by atoms with Crippen molar-refractivity contribution >= 4 is 17.7 Å². The molecule has 0 saturated carbocycles. The highest BCUT2D eigenvalue weighted by atomic mass is 32.2. The van der Waals surface area contributed by atoms with E-state index in [1.165, 1.54) is 0 Å². The van der Waals surface area contributed by atoms with Gasteiger partial charge in [0.1, 0.15) is 11.0 Å². The molecule has 30 heavy (non-hydrogen) atoms. The molecule has 3 rings (SSSR count). The van der Waals surface area contributed by atoms with E-state index in [0.717, 1.165) is 21.8 Å². The minimum atomic E-state index is -0.318. The fourth-order valence-electron chi connectivity index (χ4n) is 3.27. The predicted molar refractivity (Wildman–Crippen MR) is 124 cm³/mol. The first kappa shape index (κ1) is 21.9. The van der Waals surface area contributed by atoms with Crippen LogP contribution in [0.2, 0.25) is 0 Å². The van der Waals surface area contributed by atoms with Crippen LogP contribution < -0.4 is 10.1 Å². The van der Waals surface area contributed by atoms with Gasteiger partial charge >= 0.3 is 0 Å². The van der Waals surface area contributed by atoms with Crippen LogP contribution >= 0.6 is 11.8 Å². The lowest BCUT2D eigenvalue weighted by Crippen LogP contribution is -2.36. The average molecular weight is 421 g/mol. The van der Waals surface area contributed by atoms with Gasteiger partial charge in [0.15, 0.2) is 0 Å². The molecule has 3 aromatic rings. The summed E-state index contributed by atoms with van der Waals surface area (Å²) in [6, 6.07) is 28.0. The zero-order valence-electron chi connectivity index (χ0n) is 17.6. The molecule has 0 aliphatic heterocycles. The molecule has 0 aliphatic rings.